The van der Waals surface area contributed by atoms with Crippen LogP contribution in [-0.2, 0) is 25.7 Å². The summed E-state index contributed by atoms with van der Waals surface area (Å²) in [6.45, 7) is 1.48. The van der Waals surface area contributed by atoms with Crippen LogP contribution in [0.25, 0.3) is 0 Å². The zero-order valence-corrected chi connectivity index (χ0v) is 12.5. The number of hydrogen-bond acceptors (Lipinski definition) is 4. The first kappa shape index (κ1) is 17.9. The Morgan fingerprint density at radius 2 is 1.76 bits per heavy atom. The van der Waals surface area contributed by atoms with Crippen molar-refractivity contribution in [1.82, 2.24) is 4.72 Å². The summed E-state index contributed by atoms with van der Waals surface area (Å²) >= 11 is 0. The molecule has 0 radical (unpaired) electrons. The lowest BCUT2D eigenvalue weighted by Crippen LogP contribution is -2.42. The van der Waals surface area contributed by atoms with Crippen LogP contribution in [0.5, 0.6) is 0 Å². The summed E-state index contributed by atoms with van der Waals surface area (Å²) in [7, 11) is -1.47. The van der Waals surface area contributed by atoms with Gasteiger partial charge in [0.2, 0.25) is 10.0 Å². The number of nitrogens with one attached hydrogen (secondary N) is 1. The van der Waals surface area contributed by atoms with E-state index in [4.69, 9.17) is 9.47 Å². The maximum Gasteiger partial charge on any atom is 0.416 e. The Morgan fingerprint density at radius 1 is 1.19 bits per heavy atom. The molecule has 0 saturated carbocycles. The van der Waals surface area contributed by atoms with E-state index in [1.165, 1.54) is 21.1 Å². The fraction of sp³-hybridized carbons (Fsp3) is 0.500. The molecule has 0 aliphatic rings. The molecule has 1 unspecified atom stereocenters. The molecule has 0 amide bonds. The highest BCUT2D eigenvalue weighted by molar-refractivity contribution is 7.89. The van der Waals surface area contributed by atoms with E-state index in [9.17, 15) is 21.6 Å². The molecule has 0 spiro atoms. The fourth-order valence-corrected chi connectivity index (χ4v) is 2.99. The summed E-state index contributed by atoms with van der Waals surface area (Å²) in [5.41, 5.74) is -1.03. The smallest absolute Gasteiger partial charge is 0.354 e. The third kappa shape index (κ3) is 4.67. The molecule has 120 valence electrons. The maximum atomic E-state index is 12.6. The maximum absolute atomic E-state index is 12.6. The topological polar surface area (TPSA) is 64.6 Å². The van der Waals surface area contributed by atoms with Gasteiger partial charge in [-0.05, 0) is 25.1 Å². The highest BCUT2D eigenvalue weighted by Crippen LogP contribution is 2.30. The van der Waals surface area contributed by atoms with Gasteiger partial charge in [-0.3, -0.25) is 0 Å². The van der Waals surface area contributed by atoms with Crippen molar-refractivity contribution >= 4 is 10.0 Å². The van der Waals surface area contributed by atoms with Crippen molar-refractivity contribution in [3.63, 3.8) is 0 Å². The highest BCUT2D eigenvalue weighted by atomic mass is 32.2. The van der Waals surface area contributed by atoms with Crippen molar-refractivity contribution in [2.45, 2.75) is 30.3 Å². The van der Waals surface area contributed by atoms with Gasteiger partial charge in [-0.2, -0.15) is 13.2 Å². The second-order valence-electron chi connectivity index (χ2n) is 4.28. The molecule has 1 rings (SSSR count). The predicted molar refractivity (Wildman–Crippen MR) is 69.0 cm³/mol. The fourth-order valence-electron chi connectivity index (χ4n) is 1.71. The first-order valence-electron chi connectivity index (χ1n) is 5.87. The van der Waals surface area contributed by atoms with Crippen LogP contribution >= 0.6 is 0 Å². The Labute approximate surface area is 121 Å². The lowest BCUT2D eigenvalue weighted by molar-refractivity contribution is -0.137. The Morgan fingerprint density at radius 3 is 2.24 bits per heavy atom. The normalized spacial score (nSPS) is 14.4. The van der Waals surface area contributed by atoms with Crippen molar-refractivity contribution in [2.75, 3.05) is 14.2 Å². The van der Waals surface area contributed by atoms with Crippen LogP contribution in [-0.4, -0.2) is 35.0 Å². The Kier molecular flexibility index (Phi) is 5.74. The van der Waals surface area contributed by atoms with Gasteiger partial charge in [0.25, 0.3) is 0 Å². The van der Waals surface area contributed by atoms with Gasteiger partial charge in [0, 0.05) is 14.2 Å². The van der Waals surface area contributed by atoms with Crippen LogP contribution < -0.4 is 4.72 Å². The van der Waals surface area contributed by atoms with E-state index in [0.29, 0.717) is 6.07 Å². The number of ether oxygens (including phenoxy) is 2. The third-order valence-corrected chi connectivity index (χ3v) is 4.24. The van der Waals surface area contributed by atoms with Crippen LogP contribution in [0.4, 0.5) is 13.2 Å². The molecule has 21 heavy (non-hydrogen) atoms. The van der Waals surface area contributed by atoms with E-state index in [2.05, 4.69) is 4.72 Å². The van der Waals surface area contributed by atoms with Gasteiger partial charge < -0.3 is 9.47 Å². The van der Waals surface area contributed by atoms with E-state index < -0.39 is 39.0 Å². The molecule has 1 N–H and O–H groups in total. The minimum absolute atomic E-state index is 0.477. The number of halogens is 3. The van der Waals surface area contributed by atoms with Crippen molar-refractivity contribution < 1.29 is 31.1 Å². The second kappa shape index (κ2) is 6.73. The molecule has 0 fully saturated rings. The lowest BCUT2D eigenvalue weighted by atomic mass is 10.2. The average molecular weight is 327 g/mol. The average Bonchev–Trinajstić information content (AvgIpc) is 2.38. The molecule has 0 heterocycles. The first-order chi connectivity index (χ1) is 9.61. The van der Waals surface area contributed by atoms with Crippen molar-refractivity contribution in [3.05, 3.63) is 29.8 Å². The van der Waals surface area contributed by atoms with E-state index in [0.717, 1.165) is 18.2 Å². The second-order valence-corrected chi connectivity index (χ2v) is 5.99. The predicted octanol–water partition coefficient (Wildman–Crippen LogP) is 1.99. The van der Waals surface area contributed by atoms with Gasteiger partial charge in [0.15, 0.2) is 6.29 Å². The Hall–Kier alpha value is -1.16. The van der Waals surface area contributed by atoms with Gasteiger partial charge in [0.1, 0.15) is 0 Å². The summed E-state index contributed by atoms with van der Waals surface area (Å²) < 4.78 is 73.9. The molecular formula is C12H16F3NO4S. The van der Waals surface area contributed by atoms with Gasteiger partial charge in [-0.25, -0.2) is 13.1 Å². The number of methoxy groups -OCH3 is 2. The molecule has 1 atom stereocenters. The molecule has 5 nitrogen and oxygen atoms in total. The van der Waals surface area contributed by atoms with Crippen LogP contribution in [0.1, 0.15) is 12.5 Å². The van der Waals surface area contributed by atoms with Crippen LogP contribution in [0, 0.1) is 0 Å². The number of benzene rings is 1. The molecule has 0 aliphatic carbocycles. The molecule has 0 aromatic heterocycles. The summed E-state index contributed by atoms with van der Waals surface area (Å²) in [5, 5.41) is 0. The van der Waals surface area contributed by atoms with Crippen LogP contribution in [0.3, 0.4) is 0 Å². The molecule has 0 bridgehead atoms. The van der Waals surface area contributed by atoms with Gasteiger partial charge in [-0.15, -0.1) is 0 Å². The minimum atomic E-state index is -4.61. The van der Waals surface area contributed by atoms with Gasteiger partial charge in [0.05, 0.1) is 16.5 Å². The van der Waals surface area contributed by atoms with Crippen LogP contribution in [0.15, 0.2) is 29.2 Å². The zero-order chi connectivity index (χ0) is 16.3. The standard InChI is InChI=1S/C12H16F3NO4S/c1-8(11(19-2)20-3)16-21(17,18)10-6-4-5-9(7-10)12(13,14)15/h4-8,11,16H,1-3H3. The molecule has 1 aromatic carbocycles. The van der Waals surface area contributed by atoms with Gasteiger partial charge in [-0.1, -0.05) is 6.07 Å². The number of hydrogen-bond donors (Lipinski definition) is 1. The van der Waals surface area contributed by atoms with Crippen molar-refractivity contribution in [1.29, 1.82) is 0 Å². The number of sulfonamides is 1. The largest absolute Gasteiger partial charge is 0.416 e. The van der Waals surface area contributed by atoms with Crippen LogP contribution in [0.2, 0.25) is 0 Å². The van der Waals surface area contributed by atoms with E-state index in [1.54, 1.807) is 0 Å². The van der Waals surface area contributed by atoms with Crippen molar-refractivity contribution in [2.24, 2.45) is 0 Å². The number of rotatable bonds is 6. The molecule has 0 aliphatic heterocycles. The Bertz CT molecular complexity index is 570. The SMILES string of the molecule is COC(OC)C(C)NS(=O)(=O)c1cccc(C(F)(F)F)c1. The summed E-state index contributed by atoms with van der Waals surface area (Å²) in [5.74, 6) is 0. The molecule has 1 aromatic rings. The highest BCUT2D eigenvalue weighted by Gasteiger charge is 2.32. The molecule has 0 saturated heterocycles. The summed E-state index contributed by atoms with van der Waals surface area (Å²) in [6, 6.07) is 2.71. The zero-order valence-electron chi connectivity index (χ0n) is 11.6. The summed E-state index contributed by atoms with van der Waals surface area (Å²) in [4.78, 5) is -0.477. The first-order valence-corrected chi connectivity index (χ1v) is 7.35. The minimum Gasteiger partial charge on any atom is -0.354 e. The van der Waals surface area contributed by atoms with Gasteiger partial charge >= 0.3 is 6.18 Å². The van der Waals surface area contributed by atoms with E-state index in [1.807, 2.05) is 0 Å². The van der Waals surface area contributed by atoms with Crippen molar-refractivity contribution in [3.8, 4) is 0 Å². The third-order valence-electron chi connectivity index (χ3n) is 2.69. The quantitative estimate of drug-likeness (QED) is 0.812. The number of alkyl halides is 3. The lowest BCUT2D eigenvalue weighted by Gasteiger charge is -2.22. The van der Waals surface area contributed by atoms with E-state index >= 15 is 0 Å². The summed E-state index contributed by atoms with van der Waals surface area (Å²) in [6.07, 6.45) is -5.47. The molecular weight excluding hydrogens is 311 g/mol. The molecule has 9 heteroatoms. The monoisotopic (exact) mass is 327 g/mol. The van der Waals surface area contributed by atoms with E-state index in [-0.39, 0.29) is 0 Å². The Balaban J connectivity index is 3.04.